The average Bonchev–Trinajstić information content (AvgIpc) is 1.94. The molecular weight excluding hydrogens is 134 g/mol. The third kappa shape index (κ3) is 1.33. The number of carbonyl (C=O) groups excluding carboxylic acids is 2. The quantitative estimate of drug-likeness (QED) is 0.478. The first-order valence-corrected chi connectivity index (χ1v) is 3.14. The van der Waals surface area contributed by atoms with E-state index >= 15 is 0 Å². The Morgan fingerprint density at radius 2 is 2.30 bits per heavy atom. The number of amides is 1. The van der Waals surface area contributed by atoms with Gasteiger partial charge in [0.05, 0.1) is 19.1 Å². The third-order valence-electron chi connectivity index (χ3n) is 1.53. The molecule has 0 saturated carbocycles. The maximum absolute atomic E-state index is 10.7. The van der Waals surface area contributed by atoms with Gasteiger partial charge in [-0.05, 0) is 0 Å². The summed E-state index contributed by atoms with van der Waals surface area (Å²) in [6.07, 6.45) is 0.183. The van der Waals surface area contributed by atoms with Gasteiger partial charge in [0.2, 0.25) is 5.91 Å². The summed E-state index contributed by atoms with van der Waals surface area (Å²) >= 11 is 0. The van der Waals surface area contributed by atoms with Gasteiger partial charge in [-0.15, -0.1) is 0 Å². The standard InChI is InChI=1S/C6H9NO3/c8-3-4-1-5(9)2-7-6(4)10/h4,8H,1-3H2,(H,7,10). The maximum Gasteiger partial charge on any atom is 0.226 e. The van der Waals surface area contributed by atoms with E-state index in [0.717, 1.165) is 0 Å². The summed E-state index contributed by atoms with van der Waals surface area (Å²) in [6.45, 7) is -0.118. The molecule has 1 unspecified atom stereocenters. The summed E-state index contributed by atoms with van der Waals surface area (Å²) in [5.74, 6) is -0.748. The first-order chi connectivity index (χ1) is 4.74. The van der Waals surface area contributed by atoms with Crippen molar-refractivity contribution in [2.75, 3.05) is 13.2 Å². The van der Waals surface area contributed by atoms with Crippen molar-refractivity contribution in [2.24, 2.45) is 5.92 Å². The Kier molecular flexibility index (Phi) is 2.01. The van der Waals surface area contributed by atoms with Crippen molar-refractivity contribution in [1.82, 2.24) is 5.32 Å². The van der Waals surface area contributed by atoms with E-state index in [-0.39, 0.29) is 31.3 Å². The Hall–Kier alpha value is -0.900. The number of ketones is 1. The van der Waals surface area contributed by atoms with E-state index < -0.39 is 5.92 Å². The molecule has 2 N–H and O–H groups in total. The minimum Gasteiger partial charge on any atom is -0.396 e. The first-order valence-electron chi connectivity index (χ1n) is 3.14. The summed E-state index contributed by atoms with van der Waals surface area (Å²) in [4.78, 5) is 21.4. The monoisotopic (exact) mass is 143 g/mol. The minimum absolute atomic E-state index is 0.0151. The van der Waals surface area contributed by atoms with Crippen LogP contribution in [-0.4, -0.2) is 29.9 Å². The van der Waals surface area contributed by atoms with E-state index in [9.17, 15) is 9.59 Å². The van der Waals surface area contributed by atoms with E-state index in [0.29, 0.717) is 0 Å². The van der Waals surface area contributed by atoms with Crippen LogP contribution in [0.3, 0.4) is 0 Å². The van der Waals surface area contributed by atoms with Gasteiger partial charge in [-0.2, -0.15) is 0 Å². The van der Waals surface area contributed by atoms with E-state index in [1.807, 2.05) is 0 Å². The summed E-state index contributed by atoms with van der Waals surface area (Å²) < 4.78 is 0. The van der Waals surface area contributed by atoms with Crippen LogP contribution in [0, 0.1) is 5.92 Å². The van der Waals surface area contributed by atoms with Crippen molar-refractivity contribution < 1.29 is 14.7 Å². The predicted molar refractivity (Wildman–Crippen MR) is 33.2 cm³/mol. The van der Waals surface area contributed by atoms with Gasteiger partial charge in [-0.25, -0.2) is 0 Å². The molecule has 1 amide bonds. The number of nitrogens with one attached hydrogen (secondary N) is 1. The molecule has 0 bridgehead atoms. The van der Waals surface area contributed by atoms with Gasteiger partial charge in [0.25, 0.3) is 0 Å². The Morgan fingerprint density at radius 1 is 1.60 bits per heavy atom. The van der Waals surface area contributed by atoms with Gasteiger partial charge in [0.1, 0.15) is 0 Å². The number of carbonyl (C=O) groups is 2. The third-order valence-corrected chi connectivity index (χ3v) is 1.53. The molecule has 0 aromatic rings. The van der Waals surface area contributed by atoms with Crippen LogP contribution in [0.4, 0.5) is 0 Å². The van der Waals surface area contributed by atoms with Crippen LogP contribution in [0.5, 0.6) is 0 Å². The minimum atomic E-state index is -0.513. The number of piperidine rings is 1. The molecule has 56 valence electrons. The number of rotatable bonds is 1. The zero-order valence-electron chi connectivity index (χ0n) is 5.46. The molecule has 0 spiro atoms. The van der Waals surface area contributed by atoms with Gasteiger partial charge in [0, 0.05) is 6.42 Å². The van der Waals surface area contributed by atoms with Gasteiger partial charge in [-0.3, -0.25) is 9.59 Å². The lowest BCUT2D eigenvalue weighted by molar-refractivity contribution is -0.135. The van der Waals surface area contributed by atoms with Gasteiger partial charge in [-0.1, -0.05) is 0 Å². The fourth-order valence-corrected chi connectivity index (χ4v) is 0.917. The molecule has 0 radical (unpaired) electrons. The summed E-state index contributed by atoms with van der Waals surface area (Å²) in [5, 5.41) is 11.0. The van der Waals surface area contributed by atoms with Crippen molar-refractivity contribution >= 4 is 11.7 Å². The van der Waals surface area contributed by atoms with Crippen molar-refractivity contribution in [3.05, 3.63) is 0 Å². The second kappa shape index (κ2) is 2.79. The predicted octanol–water partition coefficient (Wildman–Crippen LogP) is -1.32. The molecule has 0 aliphatic carbocycles. The molecule has 1 heterocycles. The molecule has 0 aromatic heterocycles. The summed E-state index contributed by atoms with van der Waals surface area (Å²) in [6, 6.07) is 0. The number of hydrogen-bond acceptors (Lipinski definition) is 3. The van der Waals surface area contributed by atoms with Gasteiger partial charge >= 0.3 is 0 Å². The van der Waals surface area contributed by atoms with Crippen LogP contribution >= 0.6 is 0 Å². The van der Waals surface area contributed by atoms with Crippen molar-refractivity contribution in [1.29, 1.82) is 0 Å². The molecule has 1 aliphatic rings. The highest BCUT2D eigenvalue weighted by Gasteiger charge is 2.25. The maximum atomic E-state index is 10.7. The molecule has 10 heavy (non-hydrogen) atoms. The number of aliphatic hydroxyl groups excluding tert-OH is 1. The molecule has 1 fully saturated rings. The first kappa shape index (κ1) is 7.21. The van der Waals surface area contributed by atoms with Crippen LogP contribution < -0.4 is 5.32 Å². The molecule has 1 saturated heterocycles. The normalized spacial score (nSPS) is 26.3. The van der Waals surface area contributed by atoms with Gasteiger partial charge < -0.3 is 10.4 Å². The van der Waals surface area contributed by atoms with E-state index in [2.05, 4.69) is 5.32 Å². The van der Waals surface area contributed by atoms with E-state index in [1.54, 1.807) is 0 Å². The lowest BCUT2D eigenvalue weighted by atomic mass is 9.99. The lowest BCUT2D eigenvalue weighted by Gasteiger charge is -2.18. The Balaban J connectivity index is 2.53. The zero-order valence-corrected chi connectivity index (χ0v) is 5.46. The molecular formula is C6H9NO3. The number of hydrogen-bond donors (Lipinski definition) is 2. The van der Waals surface area contributed by atoms with Crippen molar-refractivity contribution in [2.45, 2.75) is 6.42 Å². The van der Waals surface area contributed by atoms with E-state index in [4.69, 9.17) is 5.11 Å². The average molecular weight is 143 g/mol. The Labute approximate surface area is 58.2 Å². The SMILES string of the molecule is O=C1CNC(=O)C(CO)C1. The second-order valence-corrected chi connectivity index (χ2v) is 2.34. The molecule has 4 nitrogen and oxygen atoms in total. The Morgan fingerprint density at radius 3 is 2.80 bits per heavy atom. The smallest absolute Gasteiger partial charge is 0.226 e. The van der Waals surface area contributed by atoms with Crippen LogP contribution in [-0.2, 0) is 9.59 Å². The van der Waals surface area contributed by atoms with Crippen LogP contribution in [0.15, 0.2) is 0 Å². The topological polar surface area (TPSA) is 66.4 Å². The molecule has 1 atom stereocenters. The highest BCUT2D eigenvalue weighted by molar-refractivity contribution is 5.94. The summed E-state index contributed by atoms with van der Waals surface area (Å²) in [7, 11) is 0. The van der Waals surface area contributed by atoms with Crippen molar-refractivity contribution in [3.8, 4) is 0 Å². The zero-order chi connectivity index (χ0) is 7.56. The highest BCUT2D eigenvalue weighted by Crippen LogP contribution is 2.06. The molecule has 1 aliphatic heterocycles. The van der Waals surface area contributed by atoms with Crippen molar-refractivity contribution in [3.63, 3.8) is 0 Å². The summed E-state index contributed by atoms with van der Waals surface area (Å²) in [5.41, 5.74) is 0. The number of aliphatic hydroxyl groups is 1. The Bertz CT molecular complexity index is 166. The van der Waals surface area contributed by atoms with Crippen LogP contribution in [0.1, 0.15) is 6.42 Å². The van der Waals surface area contributed by atoms with E-state index in [1.165, 1.54) is 0 Å². The largest absolute Gasteiger partial charge is 0.396 e. The fraction of sp³-hybridized carbons (Fsp3) is 0.667. The van der Waals surface area contributed by atoms with Crippen LogP contribution in [0.2, 0.25) is 0 Å². The fourth-order valence-electron chi connectivity index (χ4n) is 0.917. The lowest BCUT2D eigenvalue weighted by Crippen LogP contribution is -2.43. The molecule has 1 rings (SSSR count). The molecule has 0 aromatic carbocycles. The van der Waals surface area contributed by atoms with Crippen LogP contribution in [0.25, 0.3) is 0 Å². The second-order valence-electron chi connectivity index (χ2n) is 2.34. The highest BCUT2D eigenvalue weighted by atomic mass is 16.3. The number of Topliss-reactive ketones (excluding diaryl/α,β-unsaturated/α-hetero) is 1. The van der Waals surface area contributed by atoms with Gasteiger partial charge in [0.15, 0.2) is 5.78 Å². The molecule has 4 heteroatoms.